The van der Waals surface area contributed by atoms with Crippen LogP contribution in [0.1, 0.15) is 36.0 Å². The van der Waals surface area contributed by atoms with Crippen molar-refractivity contribution in [1.82, 2.24) is 9.80 Å². The van der Waals surface area contributed by atoms with E-state index in [-0.39, 0.29) is 18.3 Å². The fourth-order valence-electron chi connectivity index (χ4n) is 2.80. The van der Waals surface area contributed by atoms with Crippen molar-refractivity contribution in [3.63, 3.8) is 0 Å². The number of halogens is 1. The van der Waals surface area contributed by atoms with Crippen molar-refractivity contribution >= 4 is 5.91 Å². The summed E-state index contributed by atoms with van der Waals surface area (Å²) >= 11 is 0. The predicted octanol–water partition coefficient (Wildman–Crippen LogP) is 2.14. The Morgan fingerprint density at radius 3 is 2.55 bits per heavy atom. The summed E-state index contributed by atoms with van der Waals surface area (Å²) in [7, 11) is 0. The van der Waals surface area contributed by atoms with Crippen molar-refractivity contribution < 1.29 is 14.3 Å². The van der Waals surface area contributed by atoms with Gasteiger partial charge in [0.05, 0.1) is 0 Å². The Labute approximate surface area is 131 Å². The predicted molar refractivity (Wildman–Crippen MR) is 84.3 cm³/mol. The summed E-state index contributed by atoms with van der Waals surface area (Å²) in [6.07, 6.45) is 3.97. The molecule has 1 heterocycles. The number of aliphatic hydroxyl groups excluding tert-OH is 1. The van der Waals surface area contributed by atoms with Crippen LogP contribution < -0.4 is 0 Å². The maximum atomic E-state index is 12.9. The van der Waals surface area contributed by atoms with Crippen molar-refractivity contribution in [1.29, 1.82) is 0 Å². The molecule has 1 aliphatic rings. The summed E-state index contributed by atoms with van der Waals surface area (Å²) < 4.78 is 12.9. The van der Waals surface area contributed by atoms with Crippen LogP contribution in [-0.2, 0) is 0 Å². The number of hydrogen-bond acceptors (Lipinski definition) is 3. The maximum absolute atomic E-state index is 12.9. The molecule has 1 fully saturated rings. The van der Waals surface area contributed by atoms with Crippen LogP contribution in [0.4, 0.5) is 4.39 Å². The molecule has 0 spiro atoms. The molecule has 2 rings (SSSR count). The number of aliphatic hydroxyl groups is 1. The molecule has 122 valence electrons. The van der Waals surface area contributed by atoms with Gasteiger partial charge in [-0.1, -0.05) is 0 Å². The van der Waals surface area contributed by atoms with Crippen LogP contribution >= 0.6 is 0 Å². The first kappa shape index (κ1) is 16.9. The Balaban J connectivity index is 1.82. The van der Waals surface area contributed by atoms with Crippen LogP contribution in [0.5, 0.6) is 0 Å². The first-order chi connectivity index (χ1) is 10.7. The van der Waals surface area contributed by atoms with Gasteiger partial charge in [0.15, 0.2) is 0 Å². The molecule has 5 heteroatoms. The summed E-state index contributed by atoms with van der Waals surface area (Å²) in [6.45, 7) is 4.65. The first-order valence-corrected chi connectivity index (χ1v) is 8.09. The lowest BCUT2D eigenvalue weighted by Gasteiger charge is -2.22. The molecule has 22 heavy (non-hydrogen) atoms. The molecule has 0 saturated carbocycles. The lowest BCUT2D eigenvalue weighted by Crippen LogP contribution is -2.35. The number of carbonyl (C=O) groups excluding carboxylic acids is 1. The number of benzene rings is 1. The molecule has 1 aliphatic heterocycles. The Kier molecular flexibility index (Phi) is 6.80. The summed E-state index contributed by atoms with van der Waals surface area (Å²) in [5, 5.41) is 8.79. The fourth-order valence-corrected chi connectivity index (χ4v) is 2.80. The molecule has 0 atom stereocenters. The van der Waals surface area contributed by atoms with E-state index in [1.54, 1.807) is 12.1 Å². The second kappa shape index (κ2) is 8.86. The zero-order chi connectivity index (χ0) is 15.8. The van der Waals surface area contributed by atoms with E-state index in [1.165, 1.54) is 12.1 Å². The molecule has 1 aromatic rings. The lowest BCUT2D eigenvalue weighted by molar-refractivity contribution is 0.0761. The molecule has 1 saturated heterocycles. The summed E-state index contributed by atoms with van der Waals surface area (Å²) in [6, 6.07) is 5.77. The van der Waals surface area contributed by atoms with Crippen LogP contribution in [0, 0.1) is 5.82 Å². The van der Waals surface area contributed by atoms with Crippen LogP contribution in [0.2, 0.25) is 0 Å². The lowest BCUT2D eigenvalue weighted by atomic mass is 10.2. The highest BCUT2D eigenvalue weighted by atomic mass is 19.1. The maximum Gasteiger partial charge on any atom is 0.253 e. The Hall–Kier alpha value is -1.46. The molecule has 0 aliphatic carbocycles. The number of nitrogens with zero attached hydrogens (tertiary/aromatic N) is 2. The van der Waals surface area contributed by atoms with Gasteiger partial charge in [0.25, 0.3) is 5.91 Å². The number of carbonyl (C=O) groups is 1. The van der Waals surface area contributed by atoms with Crippen molar-refractivity contribution in [3.05, 3.63) is 35.6 Å². The minimum Gasteiger partial charge on any atom is -0.396 e. The van der Waals surface area contributed by atoms with Gasteiger partial charge in [-0.05, 0) is 63.0 Å². The molecular weight excluding hydrogens is 283 g/mol. The van der Waals surface area contributed by atoms with Crippen LogP contribution in [-0.4, -0.2) is 60.1 Å². The van der Waals surface area contributed by atoms with E-state index in [4.69, 9.17) is 5.11 Å². The van der Waals surface area contributed by atoms with Crippen molar-refractivity contribution in [3.8, 4) is 0 Å². The molecule has 0 bridgehead atoms. The van der Waals surface area contributed by atoms with Crippen molar-refractivity contribution in [2.24, 2.45) is 0 Å². The highest BCUT2D eigenvalue weighted by molar-refractivity contribution is 5.94. The van der Waals surface area contributed by atoms with E-state index in [0.717, 1.165) is 58.4 Å². The number of unbranched alkanes of at least 4 members (excludes halogenated alkanes) is 2. The third-order valence-electron chi connectivity index (χ3n) is 4.10. The molecule has 4 nitrogen and oxygen atoms in total. The molecular formula is C17H25FN2O2. The number of amides is 1. The normalized spacial score (nSPS) is 16.5. The van der Waals surface area contributed by atoms with E-state index in [2.05, 4.69) is 4.90 Å². The van der Waals surface area contributed by atoms with Gasteiger partial charge in [0.2, 0.25) is 0 Å². The first-order valence-electron chi connectivity index (χ1n) is 8.09. The summed E-state index contributed by atoms with van der Waals surface area (Å²) in [5.74, 6) is -0.330. The topological polar surface area (TPSA) is 43.8 Å². The van der Waals surface area contributed by atoms with Crippen molar-refractivity contribution in [2.45, 2.75) is 25.7 Å². The zero-order valence-corrected chi connectivity index (χ0v) is 13.0. The Morgan fingerprint density at radius 2 is 1.82 bits per heavy atom. The van der Waals surface area contributed by atoms with Crippen molar-refractivity contribution in [2.75, 3.05) is 39.3 Å². The molecule has 0 aromatic heterocycles. The van der Waals surface area contributed by atoms with Gasteiger partial charge in [-0.3, -0.25) is 4.79 Å². The van der Waals surface area contributed by atoms with Crippen LogP contribution in [0.25, 0.3) is 0 Å². The van der Waals surface area contributed by atoms with E-state index < -0.39 is 0 Å². The standard InChI is InChI=1S/C17H25FN2O2/c18-16-7-5-15(6-8-16)17(22)20-11-4-10-19(12-13-20)9-2-1-3-14-21/h5-8,21H,1-4,9-14H2. The molecule has 0 radical (unpaired) electrons. The summed E-state index contributed by atoms with van der Waals surface area (Å²) in [5.41, 5.74) is 0.554. The van der Waals surface area contributed by atoms with E-state index in [1.807, 2.05) is 4.90 Å². The van der Waals surface area contributed by atoms with Gasteiger partial charge in [0.1, 0.15) is 5.82 Å². The minimum atomic E-state index is -0.318. The van der Waals surface area contributed by atoms with Gasteiger partial charge < -0.3 is 14.9 Å². The second-order valence-corrected chi connectivity index (χ2v) is 5.78. The molecule has 1 aromatic carbocycles. The fraction of sp³-hybridized carbons (Fsp3) is 0.588. The summed E-state index contributed by atoms with van der Waals surface area (Å²) in [4.78, 5) is 16.7. The third kappa shape index (κ3) is 5.07. The van der Waals surface area contributed by atoms with Gasteiger partial charge in [-0.25, -0.2) is 4.39 Å². The Bertz CT molecular complexity index is 464. The molecule has 1 amide bonds. The van der Waals surface area contributed by atoms with E-state index in [0.29, 0.717) is 5.56 Å². The monoisotopic (exact) mass is 308 g/mol. The van der Waals surface area contributed by atoms with E-state index in [9.17, 15) is 9.18 Å². The van der Waals surface area contributed by atoms with E-state index >= 15 is 0 Å². The molecule has 1 N–H and O–H groups in total. The number of rotatable bonds is 6. The third-order valence-corrected chi connectivity index (χ3v) is 4.10. The van der Waals surface area contributed by atoms with Gasteiger partial charge >= 0.3 is 0 Å². The van der Waals surface area contributed by atoms with Gasteiger partial charge in [-0.2, -0.15) is 0 Å². The average molecular weight is 308 g/mol. The highest BCUT2D eigenvalue weighted by Crippen LogP contribution is 2.11. The minimum absolute atomic E-state index is 0.0119. The zero-order valence-electron chi connectivity index (χ0n) is 13.0. The van der Waals surface area contributed by atoms with Crippen LogP contribution in [0.3, 0.4) is 0 Å². The van der Waals surface area contributed by atoms with Gasteiger partial charge in [0, 0.05) is 31.8 Å². The smallest absolute Gasteiger partial charge is 0.253 e. The van der Waals surface area contributed by atoms with Crippen LogP contribution in [0.15, 0.2) is 24.3 Å². The quantitative estimate of drug-likeness (QED) is 0.819. The Morgan fingerprint density at radius 1 is 1.05 bits per heavy atom. The molecule has 0 unspecified atom stereocenters. The second-order valence-electron chi connectivity index (χ2n) is 5.78. The van der Waals surface area contributed by atoms with Gasteiger partial charge in [-0.15, -0.1) is 0 Å². The SMILES string of the molecule is O=C(c1ccc(F)cc1)N1CCCN(CCCCCO)CC1. The largest absolute Gasteiger partial charge is 0.396 e. The number of hydrogen-bond donors (Lipinski definition) is 1. The highest BCUT2D eigenvalue weighted by Gasteiger charge is 2.20. The average Bonchev–Trinajstić information content (AvgIpc) is 2.77.